The molecule has 0 spiro atoms. The van der Waals surface area contributed by atoms with Gasteiger partial charge < -0.3 is 14.1 Å². The van der Waals surface area contributed by atoms with Gasteiger partial charge in [0.2, 0.25) is 0 Å². The molecule has 1 amide bonds. The number of carbonyl (C=O) groups is 1. The SMILES string of the molecule is O=C(COc1cccc(C(F)(F)F)c1)N(Cc1cccnc1)Cc1ccco1. The van der Waals surface area contributed by atoms with Gasteiger partial charge in [0.25, 0.3) is 5.91 Å². The topological polar surface area (TPSA) is 55.6 Å². The van der Waals surface area contributed by atoms with Crippen LogP contribution in [0.4, 0.5) is 13.2 Å². The van der Waals surface area contributed by atoms with E-state index in [4.69, 9.17) is 9.15 Å². The average Bonchev–Trinajstić information content (AvgIpc) is 3.19. The standard InChI is InChI=1S/C20H17F3N2O3/c21-20(22,23)16-5-1-6-17(10-16)28-14-19(26)25(13-18-7-3-9-27-18)12-15-4-2-8-24-11-15/h1-11H,12-14H2. The number of amides is 1. The predicted octanol–water partition coefficient (Wildman–Crippen LogP) is 4.30. The van der Waals surface area contributed by atoms with Crippen molar-refractivity contribution < 1.29 is 27.1 Å². The highest BCUT2D eigenvalue weighted by molar-refractivity contribution is 5.77. The Morgan fingerprint density at radius 2 is 1.96 bits per heavy atom. The van der Waals surface area contributed by atoms with Gasteiger partial charge in [-0.1, -0.05) is 12.1 Å². The number of ether oxygens (including phenoxy) is 1. The maximum atomic E-state index is 12.8. The van der Waals surface area contributed by atoms with Crippen LogP contribution in [-0.4, -0.2) is 22.4 Å². The highest BCUT2D eigenvalue weighted by Gasteiger charge is 2.30. The molecule has 3 aromatic rings. The van der Waals surface area contributed by atoms with Gasteiger partial charge >= 0.3 is 6.18 Å². The van der Waals surface area contributed by atoms with Crippen molar-refractivity contribution in [3.8, 4) is 5.75 Å². The van der Waals surface area contributed by atoms with Crippen molar-refractivity contribution >= 4 is 5.91 Å². The molecule has 0 N–H and O–H groups in total. The minimum atomic E-state index is -4.48. The lowest BCUT2D eigenvalue weighted by Crippen LogP contribution is -2.34. The first-order valence-corrected chi connectivity index (χ1v) is 8.41. The zero-order chi connectivity index (χ0) is 20.0. The lowest BCUT2D eigenvalue weighted by atomic mass is 10.2. The van der Waals surface area contributed by atoms with Crippen molar-refractivity contribution in [1.29, 1.82) is 0 Å². The van der Waals surface area contributed by atoms with E-state index < -0.39 is 24.3 Å². The van der Waals surface area contributed by atoms with Crippen molar-refractivity contribution in [3.05, 3.63) is 84.1 Å². The van der Waals surface area contributed by atoms with E-state index in [-0.39, 0.29) is 18.8 Å². The lowest BCUT2D eigenvalue weighted by Gasteiger charge is -2.22. The highest BCUT2D eigenvalue weighted by Crippen LogP contribution is 2.31. The molecule has 8 heteroatoms. The zero-order valence-electron chi connectivity index (χ0n) is 14.7. The van der Waals surface area contributed by atoms with E-state index in [0.29, 0.717) is 5.76 Å². The Kier molecular flexibility index (Phi) is 5.98. The number of alkyl halides is 3. The molecule has 2 aromatic heterocycles. The molecule has 5 nitrogen and oxygen atoms in total. The van der Waals surface area contributed by atoms with Gasteiger partial charge in [0, 0.05) is 18.9 Å². The van der Waals surface area contributed by atoms with Gasteiger partial charge in [-0.3, -0.25) is 9.78 Å². The number of benzene rings is 1. The fourth-order valence-electron chi connectivity index (χ4n) is 2.53. The minimum absolute atomic E-state index is 0.0255. The summed E-state index contributed by atoms with van der Waals surface area (Å²) in [6, 6.07) is 11.4. The van der Waals surface area contributed by atoms with E-state index in [1.165, 1.54) is 23.3 Å². The molecule has 0 bridgehead atoms. The molecular formula is C20H17F3N2O3. The van der Waals surface area contributed by atoms with Crippen LogP contribution in [0.3, 0.4) is 0 Å². The van der Waals surface area contributed by atoms with Crippen LogP contribution in [0.5, 0.6) is 5.75 Å². The van der Waals surface area contributed by atoms with Crippen LogP contribution in [-0.2, 0) is 24.1 Å². The van der Waals surface area contributed by atoms with Crippen molar-refractivity contribution in [2.45, 2.75) is 19.3 Å². The zero-order valence-corrected chi connectivity index (χ0v) is 14.7. The number of pyridine rings is 1. The first-order chi connectivity index (χ1) is 13.4. The Morgan fingerprint density at radius 3 is 2.64 bits per heavy atom. The summed E-state index contributed by atoms with van der Waals surface area (Å²) in [4.78, 5) is 18.2. The van der Waals surface area contributed by atoms with Crippen LogP contribution < -0.4 is 4.74 Å². The monoisotopic (exact) mass is 390 g/mol. The second kappa shape index (κ2) is 8.60. The molecule has 0 fully saturated rings. The molecule has 3 rings (SSSR count). The van der Waals surface area contributed by atoms with E-state index in [9.17, 15) is 18.0 Å². The van der Waals surface area contributed by atoms with E-state index in [1.54, 1.807) is 30.6 Å². The highest BCUT2D eigenvalue weighted by atomic mass is 19.4. The predicted molar refractivity (Wildman–Crippen MR) is 94.1 cm³/mol. The van der Waals surface area contributed by atoms with Crippen LogP contribution in [0.1, 0.15) is 16.9 Å². The Bertz CT molecular complexity index is 897. The third kappa shape index (κ3) is 5.35. The van der Waals surface area contributed by atoms with Gasteiger partial charge in [0.15, 0.2) is 6.61 Å². The molecule has 0 radical (unpaired) electrons. The largest absolute Gasteiger partial charge is 0.484 e. The minimum Gasteiger partial charge on any atom is -0.484 e. The average molecular weight is 390 g/mol. The van der Waals surface area contributed by atoms with Crippen molar-refractivity contribution in [2.75, 3.05) is 6.61 Å². The molecule has 1 aromatic carbocycles. The van der Waals surface area contributed by atoms with Crippen molar-refractivity contribution in [2.24, 2.45) is 0 Å². The van der Waals surface area contributed by atoms with Gasteiger partial charge in [-0.05, 0) is 42.0 Å². The van der Waals surface area contributed by atoms with Gasteiger partial charge in [0.1, 0.15) is 11.5 Å². The summed E-state index contributed by atoms with van der Waals surface area (Å²) in [5.74, 6) is 0.163. The maximum absolute atomic E-state index is 12.8. The molecule has 28 heavy (non-hydrogen) atoms. The first-order valence-electron chi connectivity index (χ1n) is 8.41. The number of carbonyl (C=O) groups excluding carboxylic acids is 1. The number of halogens is 3. The van der Waals surface area contributed by atoms with Crippen LogP contribution in [0, 0.1) is 0 Å². The summed E-state index contributed by atoms with van der Waals surface area (Å²) < 4.78 is 49.0. The van der Waals surface area contributed by atoms with E-state index in [1.807, 2.05) is 6.07 Å². The number of nitrogens with zero attached hydrogens (tertiary/aromatic N) is 2. The fraction of sp³-hybridized carbons (Fsp3) is 0.200. The van der Waals surface area contributed by atoms with Crippen LogP contribution >= 0.6 is 0 Å². The molecule has 0 saturated carbocycles. The van der Waals surface area contributed by atoms with Gasteiger partial charge in [-0.15, -0.1) is 0 Å². The number of rotatable bonds is 7. The Balaban J connectivity index is 1.68. The van der Waals surface area contributed by atoms with Crippen LogP contribution in [0.2, 0.25) is 0 Å². The summed E-state index contributed by atoms with van der Waals surface area (Å²) in [7, 11) is 0. The van der Waals surface area contributed by atoms with E-state index in [0.717, 1.165) is 17.7 Å². The summed E-state index contributed by atoms with van der Waals surface area (Å²) >= 11 is 0. The fourth-order valence-corrected chi connectivity index (χ4v) is 2.53. The van der Waals surface area contributed by atoms with Crippen molar-refractivity contribution in [3.63, 3.8) is 0 Å². The third-order valence-corrected chi connectivity index (χ3v) is 3.90. The molecule has 0 atom stereocenters. The normalized spacial score (nSPS) is 11.2. The second-order valence-electron chi connectivity index (χ2n) is 6.00. The number of hydrogen-bond donors (Lipinski definition) is 0. The first kappa shape index (κ1) is 19.5. The smallest absolute Gasteiger partial charge is 0.416 e. The molecule has 2 heterocycles. The third-order valence-electron chi connectivity index (χ3n) is 3.90. The van der Waals surface area contributed by atoms with Crippen molar-refractivity contribution in [1.82, 2.24) is 9.88 Å². The molecule has 0 unspecified atom stereocenters. The second-order valence-corrected chi connectivity index (χ2v) is 6.00. The Labute approximate surface area is 159 Å². The Hall–Kier alpha value is -3.29. The number of aromatic nitrogens is 1. The molecular weight excluding hydrogens is 373 g/mol. The number of hydrogen-bond acceptors (Lipinski definition) is 4. The van der Waals surface area contributed by atoms with Crippen LogP contribution in [0.15, 0.2) is 71.6 Å². The number of furan rings is 1. The summed E-state index contributed by atoms with van der Waals surface area (Å²) in [5, 5.41) is 0. The molecule has 0 aliphatic rings. The molecule has 0 saturated heterocycles. The van der Waals surface area contributed by atoms with Gasteiger partial charge in [-0.25, -0.2) is 0 Å². The van der Waals surface area contributed by atoms with E-state index >= 15 is 0 Å². The molecule has 146 valence electrons. The summed E-state index contributed by atoms with van der Waals surface area (Å²) in [6.07, 6.45) is 0.283. The Morgan fingerprint density at radius 1 is 1.11 bits per heavy atom. The summed E-state index contributed by atoms with van der Waals surface area (Å²) in [5.41, 5.74) is -0.0262. The molecule has 0 aliphatic heterocycles. The maximum Gasteiger partial charge on any atom is 0.416 e. The van der Waals surface area contributed by atoms with Gasteiger partial charge in [-0.2, -0.15) is 13.2 Å². The van der Waals surface area contributed by atoms with E-state index in [2.05, 4.69) is 4.98 Å². The summed E-state index contributed by atoms with van der Waals surface area (Å²) in [6.45, 7) is 0.0638. The lowest BCUT2D eigenvalue weighted by molar-refractivity contribution is -0.137. The molecule has 0 aliphatic carbocycles. The quantitative estimate of drug-likeness (QED) is 0.604. The van der Waals surface area contributed by atoms with Crippen LogP contribution in [0.25, 0.3) is 0 Å². The van der Waals surface area contributed by atoms with Gasteiger partial charge in [0.05, 0.1) is 18.4 Å².